The first-order valence-electron chi connectivity index (χ1n) is 4.91. The van der Waals surface area contributed by atoms with Gasteiger partial charge in [-0.1, -0.05) is 10.8 Å². The number of fused-ring (bicyclic) bond motifs is 1. The third kappa shape index (κ3) is 2.22. The lowest BCUT2D eigenvalue weighted by Crippen LogP contribution is -2.25. The van der Waals surface area contributed by atoms with Gasteiger partial charge in [0.1, 0.15) is 0 Å². The first-order valence-corrected chi connectivity index (χ1v) is 6.78. The van der Waals surface area contributed by atoms with Crippen molar-refractivity contribution >= 4 is 28.2 Å². The van der Waals surface area contributed by atoms with Crippen LogP contribution in [-0.4, -0.2) is 12.3 Å². The summed E-state index contributed by atoms with van der Waals surface area (Å²) in [6.07, 6.45) is 0.946. The molecule has 1 N–H and O–H groups in total. The molecule has 0 bridgehead atoms. The maximum absolute atomic E-state index is 11.5. The normalized spacial score (nSPS) is 14.8. The standard InChI is InChI=1S/C11H13NOS2/c1-7(13)11-5-9(15-14)4-8-6-12-3-2-10(8)11/h4-5,12,14H,2-3,6H2,1H3. The van der Waals surface area contributed by atoms with Crippen LogP contribution in [0.25, 0.3) is 0 Å². The van der Waals surface area contributed by atoms with Gasteiger partial charge >= 0.3 is 0 Å². The van der Waals surface area contributed by atoms with E-state index >= 15 is 0 Å². The van der Waals surface area contributed by atoms with E-state index < -0.39 is 0 Å². The van der Waals surface area contributed by atoms with Crippen LogP contribution in [-0.2, 0) is 13.0 Å². The average molecular weight is 239 g/mol. The molecule has 0 saturated carbocycles. The number of carbonyl (C=O) groups is 1. The van der Waals surface area contributed by atoms with Gasteiger partial charge in [0, 0.05) is 17.0 Å². The van der Waals surface area contributed by atoms with Crippen molar-refractivity contribution in [1.29, 1.82) is 0 Å². The molecule has 0 aliphatic carbocycles. The number of ketones is 1. The van der Waals surface area contributed by atoms with E-state index in [0.717, 1.165) is 30.0 Å². The van der Waals surface area contributed by atoms with E-state index in [1.54, 1.807) is 6.92 Å². The van der Waals surface area contributed by atoms with Crippen LogP contribution < -0.4 is 5.32 Å². The van der Waals surface area contributed by atoms with Crippen LogP contribution in [0.2, 0.25) is 0 Å². The molecule has 1 aliphatic heterocycles. The molecule has 1 heterocycles. The zero-order chi connectivity index (χ0) is 10.8. The van der Waals surface area contributed by atoms with Crippen molar-refractivity contribution in [3.63, 3.8) is 0 Å². The molecule has 15 heavy (non-hydrogen) atoms. The third-order valence-corrected chi connectivity index (χ3v) is 3.75. The van der Waals surface area contributed by atoms with E-state index in [1.165, 1.54) is 21.9 Å². The summed E-state index contributed by atoms with van der Waals surface area (Å²) in [7, 11) is 1.39. The lowest BCUT2D eigenvalue weighted by atomic mass is 9.94. The van der Waals surface area contributed by atoms with Crippen molar-refractivity contribution in [3.05, 3.63) is 28.8 Å². The Morgan fingerprint density at radius 2 is 2.33 bits per heavy atom. The average Bonchev–Trinajstić information content (AvgIpc) is 2.27. The fourth-order valence-electron chi connectivity index (χ4n) is 1.96. The molecular formula is C11H13NOS2. The highest BCUT2D eigenvalue weighted by molar-refractivity contribution is 8.68. The Bertz CT molecular complexity index is 404. The highest BCUT2D eigenvalue weighted by atomic mass is 33.1. The lowest BCUT2D eigenvalue weighted by molar-refractivity contribution is 0.101. The first-order chi connectivity index (χ1) is 7.22. The second-order valence-electron chi connectivity index (χ2n) is 3.68. The highest BCUT2D eigenvalue weighted by Crippen LogP contribution is 2.29. The Hall–Kier alpha value is -0.450. The number of carbonyl (C=O) groups excluding carboxylic acids is 1. The summed E-state index contributed by atoms with van der Waals surface area (Å²) in [5, 5.41) is 3.31. The van der Waals surface area contributed by atoms with Gasteiger partial charge in [0.25, 0.3) is 0 Å². The van der Waals surface area contributed by atoms with Crippen molar-refractivity contribution in [2.24, 2.45) is 0 Å². The summed E-state index contributed by atoms with van der Waals surface area (Å²) in [6, 6.07) is 4.07. The zero-order valence-corrected chi connectivity index (χ0v) is 10.3. The minimum Gasteiger partial charge on any atom is -0.312 e. The molecule has 0 atom stereocenters. The van der Waals surface area contributed by atoms with Crippen molar-refractivity contribution < 1.29 is 4.79 Å². The fraction of sp³-hybridized carbons (Fsp3) is 0.364. The monoisotopic (exact) mass is 239 g/mol. The molecule has 4 heteroatoms. The molecule has 1 aliphatic rings. The topological polar surface area (TPSA) is 29.1 Å². The van der Waals surface area contributed by atoms with E-state index in [9.17, 15) is 4.79 Å². The van der Waals surface area contributed by atoms with Crippen LogP contribution in [0.15, 0.2) is 17.0 Å². The Morgan fingerprint density at radius 3 is 3.00 bits per heavy atom. The predicted molar refractivity (Wildman–Crippen MR) is 66.7 cm³/mol. The van der Waals surface area contributed by atoms with Crippen molar-refractivity contribution in [1.82, 2.24) is 5.32 Å². The van der Waals surface area contributed by atoms with Crippen LogP contribution in [0.1, 0.15) is 28.4 Å². The van der Waals surface area contributed by atoms with E-state index in [0.29, 0.717) is 0 Å². The second-order valence-corrected chi connectivity index (χ2v) is 4.88. The summed E-state index contributed by atoms with van der Waals surface area (Å²) in [5.41, 5.74) is 3.32. The van der Waals surface area contributed by atoms with Gasteiger partial charge in [-0.25, -0.2) is 0 Å². The zero-order valence-electron chi connectivity index (χ0n) is 8.54. The molecule has 2 rings (SSSR count). The first kappa shape index (κ1) is 11.0. The summed E-state index contributed by atoms with van der Waals surface area (Å²) in [5.74, 6) is 0.150. The lowest BCUT2D eigenvalue weighted by Gasteiger charge is -2.20. The van der Waals surface area contributed by atoms with Crippen molar-refractivity contribution in [2.75, 3.05) is 6.54 Å². The van der Waals surface area contributed by atoms with Gasteiger partial charge in [-0.2, -0.15) is 0 Å². The van der Waals surface area contributed by atoms with Crippen LogP contribution in [0, 0.1) is 0 Å². The van der Waals surface area contributed by atoms with Gasteiger partial charge < -0.3 is 5.32 Å². The number of thiol groups is 1. The molecule has 0 aromatic heterocycles. The number of hydrogen-bond acceptors (Lipinski definition) is 4. The summed E-state index contributed by atoms with van der Waals surface area (Å²) >= 11 is 4.18. The summed E-state index contributed by atoms with van der Waals surface area (Å²) < 4.78 is 0. The SMILES string of the molecule is CC(=O)c1cc(SS)cc2c1CCNC2. The van der Waals surface area contributed by atoms with Gasteiger partial charge in [0.15, 0.2) is 5.78 Å². The quantitative estimate of drug-likeness (QED) is 0.472. The smallest absolute Gasteiger partial charge is 0.160 e. The molecule has 0 radical (unpaired) electrons. The Kier molecular flexibility index (Phi) is 3.38. The van der Waals surface area contributed by atoms with Crippen molar-refractivity contribution in [2.45, 2.75) is 24.8 Å². The second kappa shape index (κ2) is 4.60. The van der Waals surface area contributed by atoms with Gasteiger partial charge in [0.05, 0.1) is 0 Å². The minimum atomic E-state index is 0.150. The molecule has 2 nitrogen and oxygen atoms in total. The number of hydrogen-bond donors (Lipinski definition) is 2. The number of Topliss-reactive ketones (excluding diaryl/α,β-unsaturated/α-hetero) is 1. The van der Waals surface area contributed by atoms with Crippen LogP contribution in [0.3, 0.4) is 0 Å². The Labute approximate surface area is 98.6 Å². The Balaban J connectivity index is 2.55. The molecule has 1 aromatic rings. The molecule has 0 unspecified atom stereocenters. The third-order valence-electron chi connectivity index (χ3n) is 2.67. The molecular weight excluding hydrogens is 226 g/mol. The maximum atomic E-state index is 11.5. The highest BCUT2D eigenvalue weighted by Gasteiger charge is 2.16. The predicted octanol–water partition coefficient (Wildman–Crippen LogP) is 2.47. The van der Waals surface area contributed by atoms with Gasteiger partial charge in [-0.15, -0.1) is 11.7 Å². The maximum Gasteiger partial charge on any atom is 0.160 e. The van der Waals surface area contributed by atoms with Crippen LogP contribution in [0.5, 0.6) is 0 Å². The molecule has 80 valence electrons. The molecule has 0 saturated heterocycles. The number of nitrogens with one attached hydrogen (secondary N) is 1. The van der Waals surface area contributed by atoms with Crippen molar-refractivity contribution in [3.8, 4) is 0 Å². The molecule has 1 aromatic carbocycles. The van der Waals surface area contributed by atoms with Gasteiger partial charge in [-0.3, -0.25) is 4.79 Å². The molecule has 0 fully saturated rings. The summed E-state index contributed by atoms with van der Waals surface area (Å²) in [6.45, 7) is 3.45. The largest absolute Gasteiger partial charge is 0.312 e. The van der Waals surface area contributed by atoms with Crippen LogP contribution >= 0.6 is 22.5 Å². The summed E-state index contributed by atoms with van der Waals surface area (Å²) in [4.78, 5) is 12.6. The van der Waals surface area contributed by atoms with E-state index in [1.807, 2.05) is 6.07 Å². The van der Waals surface area contributed by atoms with E-state index in [4.69, 9.17) is 0 Å². The van der Waals surface area contributed by atoms with Gasteiger partial charge in [0.2, 0.25) is 0 Å². The van der Waals surface area contributed by atoms with Crippen LogP contribution in [0.4, 0.5) is 0 Å². The molecule has 0 spiro atoms. The number of rotatable bonds is 2. The van der Waals surface area contributed by atoms with E-state index in [2.05, 4.69) is 23.0 Å². The van der Waals surface area contributed by atoms with Gasteiger partial charge in [-0.05, 0) is 43.1 Å². The van der Waals surface area contributed by atoms with E-state index in [-0.39, 0.29) is 5.78 Å². The number of benzene rings is 1. The Morgan fingerprint density at radius 1 is 1.53 bits per heavy atom. The minimum absolute atomic E-state index is 0.150. The fourth-order valence-corrected chi connectivity index (χ4v) is 2.64. The molecule has 0 amide bonds.